The first-order chi connectivity index (χ1) is 16.6. The van der Waals surface area contributed by atoms with Crippen LogP contribution in [-0.4, -0.2) is 42.0 Å². The Balaban J connectivity index is 1.34. The topological polar surface area (TPSA) is 59.0 Å². The van der Waals surface area contributed by atoms with Gasteiger partial charge >= 0.3 is 0 Å². The Kier molecular flexibility index (Phi) is 6.52. The first-order valence-electron chi connectivity index (χ1n) is 11.5. The SMILES string of the molecule is C[C@H]1CCN(CCOc2ccc(Oc3c(C(=O)c4ccccc4)sc4cc(O)ccc34)cc2)C1. The standard InChI is InChI=1S/C28H27NO4S/c1-19-13-14-29(18-19)15-16-32-22-8-10-23(11-9-22)33-27-24-12-7-21(30)17-25(24)34-28(27)26(31)20-5-3-2-4-6-20/h2-12,17,19,30H,13-16,18H2,1H3/t19-/m0/s1. The number of benzene rings is 3. The van der Waals surface area contributed by atoms with Crippen molar-refractivity contribution in [2.75, 3.05) is 26.2 Å². The lowest BCUT2D eigenvalue weighted by atomic mass is 10.1. The molecule has 1 aliphatic heterocycles. The van der Waals surface area contributed by atoms with Gasteiger partial charge in [-0.3, -0.25) is 9.69 Å². The predicted molar refractivity (Wildman–Crippen MR) is 136 cm³/mol. The van der Waals surface area contributed by atoms with Crippen LogP contribution in [0.5, 0.6) is 23.0 Å². The Bertz CT molecular complexity index is 1280. The number of ether oxygens (including phenoxy) is 2. The van der Waals surface area contributed by atoms with Crippen LogP contribution in [0.4, 0.5) is 0 Å². The molecule has 4 aromatic rings. The van der Waals surface area contributed by atoms with Gasteiger partial charge in [0.05, 0.1) is 0 Å². The Morgan fingerprint density at radius 1 is 1.06 bits per heavy atom. The number of fused-ring (bicyclic) bond motifs is 1. The van der Waals surface area contributed by atoms with Crippen LogP contribution in [0, 0.1) is 5.92 Å². The summed E-state index contributed by atoms with van der Waals surface area (Å²) in [5, 5.41) is 10.7. The fourth-order valence-corrected chi connectivity index (χ4v) is 5.40. The minimum atomic E-state index is -0.104. The van der Waals surface area contributed by atoms with Gasteiger partial charge in [-0.2, -0.15) is 0 Å². The second-order valence-electron chi connectivity index (χ2n) is 8.75. The van der Waals surface area contributed by atoms with Crippen LogP contribution in [0.25, 0.3) is 10.1 Å². The van der Waals surface area contributed by atoms with Crippen LogP contribution in [0.15, 0.2) is 72.8 Å². The third-order valence-corrected chi connectivity index (χ3v) is 7.23. The normalized spacial score (nSPS) is 16.1. The molecular weight excluding hydrogens is 446 g/mol. The highest BCUT2D eigenvalue weighted by molar-refractivity contribution is 7.21. The van der Waals surface area contributed by atoms with Crippen LogP contribution in [-0.2, 0) is 0 Å². The highest BCUT2D eigenvalue weighted by Crippen LogP contribution is 2.42. The molecule has 1 N–H and O–H groups in total. The van der Waals surface area contributed by atoms with Crippen LogP contribution >= 0.6 is 11.3 Å². The van der Waals surface area contributed by atoms with Gasteiger partial charge in [0.25, 0.3) is 0 Å². The molecule has 0 unspecified atom stereocenters. The molecular formula is C28H27NO4S. The van der Waals surface area contributed by atoms with E-state index in [1.165, 1.54) is 17.8 Å². The Morgan fingerprint density at radius 2 is 1.82 bits per heavy atom. The Morgan fingerprint density at radius 3 is 2.56 bits per heavy atom. The van der Waals surface area contributed by atoms with Crippen molar-refractivity contribution in [3.63, 3.8) is 0 Å². The maximum absolute atomic E-state index is 13.3. The van der Waals surface area contributed by atoms with Crippen molar-refractivity contribution < 1.29 is 19.4 Å². The third-order valence-electron chi connectivity index (χ3n) is 6.10. The lowest BCUT2D eigenvalue weighted by molar-refractivity contribution is 0.104. The van der Waals surface area contributed by atoms with E-state index in [9.17, 15) is 9.90 Å². The summed E-state index contributed by atoms with van der Waals surface area (Å²) in [6.45, 7) is 6.17. The zero-order chi connectivity index (χ0) is 23.5. The molecule has 1 aromatic heterocycles. The van der Waals surface area contributed by atoms with Crippen molar-refractivity contribution in [1.82, 2.24) is 4.90 Å². The average Bonchev–Trinajstić information content (AvgIpc) is 3.43. The number of nitrogens with zero attached hydrogens (tertiary/aromatic N) is 1. The minimum absolute atomic E-state index is 0.104. The van der Waals surface area contributed by atoms with Gasteiger partial charge in [0.2, 0.25) is 5.78 Å². The van der Waals surface area contributed by atoms with E-state index in [-0.39, 0.29) is 11.5 Å². The number of carbonyl (C=O) groups excluding carboxylic acids is 1. The molecule has 174 valence electrons. The van der Waals surface area contributed by atoms with Gasteiger partial charge in [-0.15, -0.1) is 11.3 Å². The van der Waals surface area contributed by atoms with Gasteiger partial charge in [-0.1, -0.05) is 37.3 Å². The summed E-state index contributed by atoms with van der Waals surface area (Å²) in [6.07, 6.45) is 1.26. The zero-order valence-corrected chi connectivity index (χ0v) is 19.9. The largest absolute Gasteiger partial charge is 0.508 e. The van der Waals surface area contributed by atoms with Crippen LogP contribution in [0.2, 0.25) is 0 Å². The second kappa shape index (κ2) is 9.87. The number of rotatable bonds is 8. The number of hydrogen-bond donors (Lipinski definition) is 1. The van der Waals surface area contributed by atoms with Crippen molar-refractivity contribution in [1.29, 1.82) is 0 Å². The van der Waals surface area contributed by atoms with Gasteiger partial charge < -0.3 is 14.6 Å². The molecule has 5 nitrogen and oxygen atoms in total. The molecule has 6 heteroatoms. The van der Waals surface area contributed by atoms with Crippen molar-refractivity contribution in [2.45, 2.75) is 13.3 Å². The molecule has 1 saturated heterocycles. The number of phenolic OH excluding ortho intramolecular Hbond substituents is 1. The number of likely N-dealkylation sites (tertiary alicyclic amines) is 1. The smallest absolute Gasteiger partial charge is 0.206 e. The van der Waals surface area contributed by atoms with E-state index in [1.807, 2.05) is 42.5 Å². The molecule has 0 amide bonds. The summed E-state index contributed by atoms with van der Waals surface area (Å²) in [5.41, 5.74) is 0.597. The third kappa shape index (κ3) is 4.93. The summed E-state index contributed by atoms with van der Waals surface area (Å²) in [7, 11) is 0. The van der Waals surface area contributed by atoms with Crippen molar-refractivity contribution in [2.24, 2.45) is 5.92 Å². The zero-order valence-electron chi connectivity index (χ0n) is 19.1. The maximum atomic E-state index is 13.3. The number of carbonyl (C=O) groups is 1. The van der Waals surface area contributed by atoms with E-state index in [0.717, 1.165) is 41.4 Å². The highest BCUT2D eigenvalue weighted by atomic mass is 32.1. The van der Waals surface area contributed by atoms with Crippen LogP contribution in [0.3, 0.4) is 0 Å². The fraction of sp³-hybridized carbons (Fsp3) is 0.250. The lowest BCUT2D eigenvalue weighted by Crippen LogP contribution is -2.25. The number of thiophene rings is 1. The molecule has 1 atom stereocenters. The summed E-state index contributed by atoms with van der Waals surface area (Å²) in [4.78, 5) is 16.2. The number of ketones is 1. The fourth-order valence-electron chi connectivity index (χ4n) is 4.28. The molecule has 34 heavy (non-hydrogen) atoms. The van der Waals surface area contributed by atoms with E-state index in [1.54, 1.807) is 30.3 Å². The van der Waals surface area contributed by atoms with Crippen LogP contribution < -0.4 is 9.47 Å². The molecule has 0 saturated carbocycles. The van der Waals surface area contributed by atoms with Crippen molar-refractivity contribution >= 4 is 27.2 Å². The number of aromatic hydroxyl groups is 1. The van der Waals surface area contributed by atoms with E-state index >= 15 is 0 Å². The number of phenols is 1. The van der Waals surface area contributed by atoms with Crippen LogP contribution in [0.1, 0.15) is 28.6 Å². The van der Waals surface area contributed by atoms with E-state index in [4.69, 9.17) is 9.47 Å². The quantitative estimate of drug-likeness (QED) is 0.302. The summed E-state index contributed by atoms with van der Waals surface area (Å²) < 4.78 is 13.0. The number of hydrogen-bond acceptors (Lipinski definition) is 6. The lowest BCUT2D eigenvalue weighted by Gasteiger charge is -2.15. The summed E-state index contributed by atoms with van der Waals surface area (Å²) in [5.74, 6) is 2.74. The second-order valence-corrected chi connectivity index (χ2v) is 9.80. The predicted octanol–water partition coefficient (Wildman–Crippen LogP) is 6.35. The first kappa shape index (κ1) is 22.4. The van der Waals surface area contributed by atoms with Gasteiger partial charge in [0, 0.05) is 28.7 Å². The summed E-state index contributed by atoms with van der Waals surface area (Å²) in [6, 6.07) is 21.7. The first-order valence-corrected chi connectivity index (χ1v) is 12.4. The van der Waals surface area contributed by atoms with Crippen molar-refractivity contribution in [3.05, 3.63) is 83.2 Å². The highest BCUT2D eigenvalue weighted by Gasteiger charge is 2.22. The molecule has 0 spiro atoms. The van der Waals surface area contributed by atoms with E-state index < -0.39 is 0 Å². The summed E-state index contributed by atoms with van der Waals surface area (Å²) >= 11 is 1.32. The Labute approximate surface area is 203 Å². The Hall–Kier alpha value is -3.35. The molecule has 2 heterocycles. The molecule has 5 rings (SSSR count). The van der Waals surface area contributed by atoms with E-state index in [0.29, 0.717) is 28.5 Å². The van der Waals surface area contributed by atoms with Gasteiger partial charge in [0.15, 0.2) is 5.75 Å². The van der Waals surface area contributed by atoms with E-state index in [2.05, 4.69) is 11.8 Å². The molecule has 3 aromatic carbocycles. The maximum Gasteiger partial charge on any atom is 0.206 e. The molecule has 0 bridgehead atoms. The molecule has 1 aliphatic rings. The monoisotopic (exact) mass is 473 g/mol. The van der Waals surface area contributed by atoms with Gasteiger partial charge in [-0.25, -0.2) is 0 Å². The van der Waals surface area contributed by atoms with Crippen molar-refractivity contribution in [3.8, 4) is 23.0 Å². The molecule has 0 aliphatic carbocycles. The van der Waals surface area contributed by atoms with Gasteiger partial charge in [0.1, 0.15) is 28.7 Å². The molecule has 1 fully saturated rings. The minimum Gasteiger partial charge on any atom is -0.508 e. The molecule has 0 radical (unpaired) electrons. The average molecular weight is 474 g/mol. The van der Waals surface area contributed by atoms with Gasteiger partial charge in [-0.05, 0) is 61.3 Å².